The van der Waals surface area contributed by atoms with Crippen LogP contribution in [0.5, 0.6) is 0 Å². The van der Waals surface area contributed by atoms with Crippen LogP contribution in [0.25, 0.3) is 0 Å². The molecule has 7 heteroatoms. The van der Waals surface area contributed by atoms with Crippen LogP contribution >= 0.6 is 22.9 Å². The van der Waals surface area contributed by atoms with E-state index in [1.54, 1.807) is 6.26 Å². The molecule has 0 saturated carbocycles. The van der Waals surface area contributed by atoms with Gasteiger partial charge < -0.3 is 9.73 Å². The summed E-state index contributed by atoms with van der Waals surface area (Å²) in [4.78, 5) is 1.02. The summed E-state index contributed by atoms with van der Waals surface area (Å²) in [7, 11) is -2.94. The minimum absolute atomic E-state index is 0.159. The number of sulfone groups is 1. The zero-order valence-electron chi connectivity index (χ0n) is 11.3. The minimum atomic E-state index is -2.94. The maximum absolute atomic E-state index is 11.9. The highest BCUT2D eigenvalue weighted by Gasteiger charge is 2.32. The Morgan fingerprint density at radius 1 is 1.43 bits per heavy atom. The fourth-order valence-corrected chi connectivity index (χ4v) is 5.54. The van der Waals surface area contributed by atoms with Crippen molar-refractivity contribution in [3.05, 3.63) is 45.5 Å². The lowest BCUT2D eigenvalue weighted by Crippen LogP contribution is -2.33. The van der Waals surface area contributed by atoms with Crippen LogP contribution in [0.2, 0.25) is 4.34 Å². The molecule has 0 radical (unpaired) electrons. The number of furan rings is 1. The van der Waals surface area contributed by atoms with Crippen LogP contribution in [-0.2, 0) is 9.84 Å². The second-order valence-electron chi connectivity index (χ2n) is 5.13. The largest absolute Gasteiger partial charge is 0.467 e. The first-order chi connectivity index (χ1) is 10.1. The molecule has 0 bridgehead atoms. The SMILES string of the molecule is O=S1(=O)CCCC1CNC(c1ccco1)c1ccc(Cl)s1. The Bertz CT molecular complexity index is 694. The molecule has 1 saturated heterocycles. The maximum Gasteiger partial charge on any atom is 0.154 e. The second-order valence-corrected chi connectivity index (χ2v) is 9.28. The van der Waals surface area contributed by atoms with Gasteiger partial charge in [0, 0.05) is 11.4 Å². The molecule has 2 atom stereocenters. The first kappa shape index (κ1) is 15.1. The van der Waals surface area contributed by atoms with Crippen LogP contribution in [0.4, 0.5) is 0 Å². The zero-order valence-corrected chi connectivity index (χ0v) is 13.7. The molecule has 1 aliphatic rings. The minimum Gasteiger partial charge on any atom is -0.467 e. The van der Waals surface area contributed by atoms with Crippen molar-refractivity contribution in [1.82, 2.24) is 5.32 Å². The first-order valence-electron chi connectivity index (χ1n) is 6.80. The average molecular weight is 346 g/mol. The van der Waals surface area contributed by atoms with Gasteiger partial charge in [-0.1, -0.05) is 11.6 Å². The Morgan fingerprint density at radius 2 is 2.29 bits per heavy atom. The molecular formula is C14H16ClNO3S2. The maximum atomic E-state index is 11.9. The molecule has 1 N–H and O–H groups in total. The Morgan fingerprint density at radius 3 is 2.86 bits per heavy atom. The van der Waals surface area contributed by atoms with E-state index < -0.39 is 9.84 Å². The molecule has 2 unspecified atom stereocenters. The number of hydrogen-bond acceptors (Lipinski definition) is 5. The zero-order chi connectivity index (χ0) is 14.9. The van der Waals surface area contributed by atoms with Gasteiger partial charge in [0.1, 0.15) is 11.8 Å². The van der Waals surface area contributed by atoms with Crippen molar-refractivity contribution in [2.45, 2.75) is 24.1 Å². The highest BCUT2D eigenvalue weighted by Crippen LogP contribution is 2.31. The molecule has 0 aromatic carbocycles. The van der Waals surface area contributed by atoms with Crippen molar-refractivity contribution in [3.63, 3.8) is 0 Å². The third-order valence-electron chi connectivity index (χ3n) is 3.72. The van der Waals surface area contributed by atoms with Crippen LogP contribution in [0, 0.1) is 0 Å². The molecule has 3 rings (SSSR count). The summed E-state index contributed by atoms with van der Waals surface area (Å²) < 4.78 is 30.0. The van der Waals surface area contributed by atoms with Gasteiger partial charge in [0.25, 0.3) is 0 Å². The van der Waals surface area contributed by atoms with E-state index in [9.17, 15) is 8.42 Å². The van der Waals surface area contributed by atoms with Gasteiger partial charge >= 0.3 is 0 Å². The van der Waals surface area contributed by atoms with Crippen LogP contribution in [0.3, 0.4) is 0 Å². The van der Waals surface area contributed by atoms with Crippen molar-refractivity contribution in [1.29, 1.82) is 0 Å². The van der Waals surface area contributed by atoms with Gasteiger partial charge in [0.05, 0.1) is 21.6 Å². The number of hydrogen-bond donors (Lipinski definition) is 1. The topological polar surface area (TPSA) is 59.3 Å². The molecule has 3 heterocycles. The van der Waals surface area contributed by atoms with Crippen LogP contribution in [0.1, 0.15) is 29.5 Å². The monoisotopic (exact) mass is 345 g/mol. The second kappa shape index (κ2) is 6.12. The van der Waals surface area contributed by atoms with Crippen molar-refractivity contribution in [2.75, 3.05) is 12.3 Å². The third-order valence-corrected chi connectivity index (χ3v) is 7.29. The predicted octanol–water partition coefficient (Wildman–Crippen LogP) is 3.25. The Hall–Kier alpha value is -0.820. The molecule has 0 spiro atoms. The lowest BCUT2D eigenvalue weighted by Gasteiger charge is -2.18. The number of halogens is 1. The normalized spacial score (nSPS) is 22.4. The molecule has 21 heavy (non-hydrogen) atoms. The number of nitrogens with one attached hydrogen (secondary N) is 1. The van der Waals surface area contributed by atoms with Crippen LogP contribution in [-0.4, -0.2) is 26.0 Å². The van der Waals surface area contributed by atoms with Crippen molar-refractivity contribution in [2.24, 2.45) is 0 Å². The summed E-state index contributed by atoms with van der Waals surface area (Å²) in [5.41, 5.74) is 0. The average Bonchev–Trinajstić information content (AvgIpc) is 3.13. The highest BCUT2D eigenvalue weighted by atomic mass is 35.5. The molecule has 4 nitrogen and oxygen atoms in total. The summed E-state index contributed by atoms with van der Waals surface area (Å²) in [6, 6.07) is 7.33. The standard InChI is InChI=1S/C14H16ClNO3S2/c15-13-6-5-12(20-13)14(11-4-1-7-19-11)16-9-10-3-2-8-21(10,17)18/h1,4-7,10,14,16H,2-3,8-9H2. The molecule has 1 fully saturated rings. The highest BCUT2D eigenvalue weighted by molar-refractivity contribution is 7.92. The smallest absolute Gasteiger partial charge is 0.154 e. The Kier molecular flexibility index (Phi) is 4.40. The fraction of sp³-hybridized carbons (Fsp3) is 0.429. The predicted molar refractivity (Wildman–Crippen MR) is 84.7 cm³/mol. The van der Waals surface area contributed by atoms with Crippen LogP contribution in [0.15, 0.2) is 34.9 Å². The van der Waals surface area contributed by atoms with Crippen molar-refractivity contribution >= 4 is 32.8 Å². The van der Waals surface area contributed by atoms with Gasteiger partial charge in [-0.05, 0) is 37.1 Å². The van der Waals surface area contributed by atoms with E-state index in [4.69, 9.17) is 16.0 Å². The molecule has 2 aromatic heterocycles. The molecule has 2 aromatic rings. The number of thiophene rings is 1. The quantitative estimate of drug-likeness (QED) is 0.903. The third kappa shape index (κ3) is 3.34. The van der Waals surface area contributed by atoms with Gasteiger partial charge in [0.15, 0.2) is 9.84 Å². The van der Waals surface area contributed by atoms with Gasteiger partial charge in [0.2, 0.25) is 0 Å². The summed E-state index contributed by atoms with van der Waals surface area (Å²) in [6.45, 7) is 0.434. The Balaban J connectivity index is 1.77. The molecule has 0 amide bonds. The molecular weight excluding hydrogens is 330 g/mol. The van der Waals surface area contributed by atoms with Crippen molar-refractivity contribution in [3.8, 4) is 0 Å². The van der Waals surface area contributed by atoms with E-state index in [0.717, 1.165) is 23.5 Å². The summed E-state index contributed by atoms with van der Waals surface area (Å²) >= 11 is 7.47. The van der Waals surface area contributed by atoms with Gasteiger partial charge in [-0.3, -0.25) is 0 Å². The van der Waals surface area contributed by atoms with Gasteiger partial charge in [-0.2, -0.15) is 0 Å². The fourth-order valence-electron chi connectivity index (χ4n) is 2.62. The van der Waals surface area contributed by atoms with E-state index in [-0.39, 0.29) is 11.3 Å². The lowest BCUT2D eigenvalue weighted by atomic mass is 10.1. The van der Waals surface area contributed by atoms with Gasteiger partial charge in [-0.15, -0.1) is 11.3 Å². The van der Waals surface area contributed by atoms with Crippen molar-refractivity contribution < 1.29 is 12.8 Å². The molecule has 1 aliphatic heterocycles. The van der Waals surface area contributed by atoms with Crippen LogP contribution < -0.4 is 5.32 Å². The molecule has 114 valence electrons. The lowest BCUT2D eigenvalue weighted by molar-refractivity contribution is 0.446. The van der Waals surface area contributed by atoms with Gasteiger partial charge in [-0.25, -0.2) is 8.42 Å². The van der Waals surface area contributed by atoms with E-state index >= 15 is 0 Å². The summed E-state index contributed by atoms with van der Waals surface area (Å²) in [6.07, 6.45) is 3.10. The summed E-state index contributed by atoms with van der Waals surface area (Å²) in [5, 5.41) is 3.03. The van der Waals surface area contributed by atoms with E-state index in [0.29, 0.717) is 16.6 Å². The van der Waals surface area contributed by atoms with E-state index in [1.165, 1.54) is 11.3 Å². The first-order valence-corrected chi connectivity index (χ1v) is 9.71. The van der Waals surface area contributed by atoms with E-state index in [1.807, 2.05) is 24.3 Å². The summed E-state index contributed by atoms with van der Waals surface area (Å²) in [5.74, 6) is 1.07. The number of rotatable bonds is 5. The Labute approximate surface area is 133 Å². The van der Waals surface area contributed by atoms with E-state index in [2.05, 4.69) is 5.32 Å². The molecule has 0 aliphatic carbocycles.